The van der Waals surface area contributed by atoms with E-state index in [1.165, 1.54) is 12.1 Å². The first-order chi connectivity index (χ1) is 11.1. The van der Waals surface area contributed by atoms with Gasteiger partial charge in [0.25, 0.3) is 5.91 Å². The number of fused-ring (bicyclic) bond motifs is 1. The fourth-order valence-electron chi connectivity index (χ4n) is 4.07. The van der Waals surface area contributed by atoms with E-state index in [9.17, 15) is 9.18 Å². The molecule has 2 atom stereocenters. The van der Waals surface area contributed by atoms with Gasteiger partial charge in [-0.1, -0.05) is 0 Å². The van der Waals surface area contributed by atoms with Crippen LogP contribution in [0, 0.1) is 17.1 Å². The van der Waals surface area contributed by atoms with Crippen molar-refractivity contribution < 1.29 is 13.9 Å². The molecule has 3 fully saturated rings. The molecule has 3 saturated heterocycles. The fraction of sp³-hybridized carbons (Fsp3) is 0.529. The van der Waals surface area contributed by atoms with Gasteiger partial charge in [-0.3, -0.25) is 4.79 Å². The highest BCUT2D eigenvalue weighted by Gasteiger charge is 2.57. The molecule has 1 N–H and O–H groups in total. The maximum atomic E-state index is 13.8. The van der Waals surface area contributed by atoms with Gasteiger partial charge in [0.2, 0.25) is 0 Å². The summed E-state index contributed by atoms with van der Waals surface area (Å²) in [4.78, 5) is 14.8. The van der Waals surface area contributed by atoms with Gasteiger partial charge in [0.05, 0.1) is 17.7 Å². The first-order valence-corrected chi connectivity index (χ1v) is 8.05. The Balaban J connectivity index is 1.66. The number of benzene rings is 1. The van der Waals surface area contributed by atoms with E-state index < -0.39 is 11.4 Å². The van der Waals surface area contributed by atoms with Crippen molar-refractivity contribution in [3.8, 4) is 6.07 Å². The number of piperidine rings is 1. The van der Waals surface area contributed by atoms with Crippen molar-refractivity contribution in [1.29, 1.82) is 5.26 Å². The lowest BCUT2D eigenvalue weighted by molar-refractivity contribution is -0.140. The van der Waals surface area contributed by atoms with Crippen molar-refractivity contribution >= 4 is 5.91 Å². The molecule has 0 saturated carbocycles. The normalized spacial score (nSPS) is 28.9. The van der Waals surface area contributed by atoms with E-state index in [1.807, 2.05) is 6.07 Å². The number of nitrogens with zero attached hydrogens (tertiary/aromatic N) is 2. The van der Waals surface area contributed by atoms with Gasteiger partial charge in [0.15, 0.2) is 5.60 Å². The van der Waals surface area contributed by atoms with Crippen LogP contribution in [0.15, 0.2) is 18.2 Å². The van der Waals surface area contributed by atoms with Crippen LogP contribution in [0.4, 0.5) is 4.39 Å². The molecule has 23 heavy (non-hydrogen) atoms. The van der Waals surface area contributed by atoms with Crippen LogP contribution in [-0.2, 0) is 9.53 Å². The minimum Gasteiger partial charge on any atom is -0.342 e. The van der Waals surface area contributed by atoms with E-state index in [4.69, 9.17) is 10.00 Å². The predicted octanol–water partition coefficient (Wildman–Crippen LogP) is 1.84. The van der Waals surface area contributed by atoms with E-state index in [0.29, 0.717) is 18.4 Å². The Labute approximate surface area is 134 Å². The Morgan fingerprint density at radius 1 is 1.30 bits per heavy atom. The Hall–Kier alpha value is -1.97. The molecular formula is C17H18FN3O2. The number of ether oxygens (including phenoxy) is 1. The van der Waals surface area contributed by atoms with Crippen molar-refractivity contribution in [2.75, 3.05) is 13.1 Å². The van der Waals surface area contributed by atoms with E-state index >= 15 is 0 Å². The molecule has 3 heterocycles. The number of nitrogens with one attached hydrogen (secondary N) is 1. The van der Waals surface area contributed by atoms with Gasteiger partial charge in [-0.2, -0.15) is 5.26 Å². The quantitative estimate of drug-likeness (QED) is 0.859. The van der Waals surface area contributed by atoms with Gasteiger partial charge in [0, 0.05) is 0 Å². The maximum Gasteiger partial charge on any atom is 0.257 e. The molecule has 6 heteroatoms. The molecule has 1 aromatic rings. The molecule has 4 rings (SSSR count). The summed E-state index contributed by atoms with van der Waals surface area (Å²) in [6.45, 7) is 1.55. The van der Waals surface area contributed by atoms with E-state index in [0.717, 1.165) is 25.9 Å². The summed E-state index contributed by atoms with van der Waals surface area (Å²) in [5.74, 6) is -0.416. The zero-order valence-corrected chi connectivity index (χ0v) is 12.7. The Bertz CT molecular complexity index is 694. The van der Waals surface area contributed by atoms with E-state index in [-0.39, 0.29) is 23.7 Å². The topological polar surface area (TPSA) is 65.4 Å². The lowest BCUT2D eigenvalue weighted by Gasteiger charge is -2.32. The minimum absolute atomic E-state index is 0.0225. The van der Waals surface area contributed by atoms with Crippen molar-refractivity contribution in [3.05, 3.63) is 35.1 Å². The first-order valence-electron chi connectivity index (χ1n) is 8.05. The molecule has 120 valence electrons. The van der Waals surface area contributed by atoms with Crippen LogP contribution in [-0.4, -0.2) is 35.7 Å². The molecule has 3 aliphatic rings. The highest BCUT2D eigenvalue weighted by molar-refractivity contribution is 5.88. The Morgan fingerprint density at radius 2 is 2.09 bits per heavy atom. The molecule has 0 aromatic heterocycles. The zero-order valence-electron chi connectivity index (χ0n) is 12.7. The number of nitriles is 1. The number of hydrogen-bond donors (Lipinski definition) is 1. The lowest BCUT2D eigenvalue weighted by Crippen LogP contribution is -2.49. The zero-order chi connectivity index (χ0) is 16.0. The number of rotatable bonds is 1. The molecule has 0 bridgehead atoms. The molecule has 2 unspecified atom stereocenters. The summed E-state index contributed by atoms with van der Waals surface area (Å²) in [6.07, 6.45) is 2.62. The third-order valence-electron chi connectivity index (χ3n) is 5.16. The summed E-state index contributed by atoms with van der Waals surface area (Å²) >= 11 is 0. The van der Waals surface area contributed by atoms with Gasteiger partial charge in [-0.25, -0.2) is 4.39 Å². The van der Waals surface area contributed by atoms with Crippen LogP contribution in [0.5, 0.6) is 0 Å². The standard InChI is InChI=1S/C17H18FN3O2/c18-13-8-11(10-19)7-12(9-13)14-1-2-15-21(14)16(22)17(23-15)3-5-20-6-4-17/h7-9,14-15,20H,1-6H2. The molecule has 5 nitrogen and oxygen atoms in total. The first kappa shape index (κ1) is 14.6. The molecular weight excluding hydrogens is 297 g/mol. The predicted molar refractivity (Wildman–Crippen MR) is 79.6 cm³/mol. The molecule has 0 aliphatic carbocycles. The average molecular weight is 315 g/mol. The Morgan fingerprint density at radius 3 is 2.83 bits per heavy atom. The number of hydrogen-bond acceptors (Lipinski definition) is 4. The monoisotopic (exact) mass is 315 g/mol. The largest absolute Gasteiger partial charge is 0.342 e. The number of carbonyl (C=O) groups excluding carboxylic acids is 1. The van der Waals surface area contributed by atoms with Gasteiger partial charge in [-0.05, 0) is 62.5 Å². The number of amides is 1. The highest BCUT2D eigenvalue weighted by Crippen LogP contribution is 2.47. The van der Waals surface area contributed by atoms with E-state index in [2.05, 4.69) is 5.32 Å². The van der Waals surface area contributed by atoms with Crippen molar-refractivity contribution in [2.24, 2.45) is 0 Å². The SMILES string of the molecule is N#Cc1cc(F)cc(C2CCC3OC4(CCNCC4)C(=O)N32)c1. The van der Waals surface area contributed by atoms with Crippen LogP contribution >= 0.6 is 0 Å². The van der Waals surface area contributed by atoms with Gasteiger partial charge >= 0.3 is 0 Å². The van der Waals surface area contributed by atoms with Crippen molar-refractivity contribution in [3.63, 3.8) is 0 Å². The van der Waals surface area contributed by atoms with Crippen LogP contribution in [0.1, 0.15) is 42.9 Å². The molecule has 1 spiro atoms. The maximum absolute atomic E-state index is 13.8. The van der Waals surface area contributed by atoms with E-state index in [1.54, 1.807) is 11.0 Å². The van der Waals surface area contributed by atoms with Crippen LogP contribution in [0.2, 0.25) is 0 Å². The lowest BCUT2D eigenvalue weighted by atomic mass is 9.90. The molecule has 3 aliphatic heterocycles. The van der Waals surface area contributed by atoms with Gasteiger partial charge < -0.3 is 15.0 Å². The second-order valence-corrected chi connectivity index (χ2v) is 6.51. The number of carbonyl (C=O) groups is 1. The third kappa shape index (κ3) is 2.23. The third-order valence-corrected chi connectivity index (χ3v) is 5.16. The summed E-state index contributed by atoms with van der Waals surface area (Å²) in [6, 6.07) is 6.09. The summed E-state index contributed by atoms with van der Waals surface area (Å²) in [5, 5.41) is 12.3. The smallest absolute Gasteiger partial charge is 0.257 e. The summed E-state index contributed by atoms with van der Waals surface area (Å²) < 4.78 is 19.9. The molecule has 0 radical (unpaired) electrons. The van der Waals surface area contributed by atoms with Gasteiger partial charge in [-0.15, -0.1) is 0 Å². The minimum atomic E-state index is -0.708. The van der Waals surface area contributed by atoms with Crippen molar-refractivity contribution in [2.45, 2.75) is 43.6 Å². The van der Waals surface area contributed by atoms with Crippen molar-refractivity contribution in [1.82, 2.24) is 10.2 Å². The fourth-order valence-corrected chi connectivity index (χ4v) is 4.07. The number of halogens is 1. The highest BCUT2D eigenvalue weighted by atomic mass is 19.1. The average Bonchev–Trinajstić information content (AvgIpc) is 3.07. The second kappa shape index (κ2) is 5.29. The summed E-state index contributed by atoms with van der Waals surface area (Å²) in [5.41, 5.74) is 0.263. The molecule has 1 aromatic carbocycles. The second-order valence-electron chi connectivity index (χ2n) is 6.51. The van der Waals surface area contributed by atoms with Gasteiger partial charge in [0.1, 0.15) is 12.0 Å². The van der Waals surface area contributed by atoms with Crippen LogP contribution in [0.3, 0.4) is 0 Å². The summed E-state index contributed by atoms with van der Waals surface area (Å²) in [7, 11) is 0. The van der Waals surface area contributed by atoms with Crippen LogP contribution in [0.25, 0.3) is 0 Å². The van der Waals surface area contributed by atoms with Crippen LogP contribution < -0.4 is 5.32 Å². The Kier molecular flexibility index (Phi) is 3.36. The molecule has 1 amide bonds.